The molecule has 0 aromatic rings. The van der Waals surface area contributed by atoms with Crippen LogP contribution >= 0.6 is 7.82 Å². The minimum absolute atomic E-state index is 0.0469. The quantitative estimate of drug-likeness (QED) is 0.0159. The number of esters is 2. The van der Waals surface area contributed by atoms with Gasteiger partial charge in [-0.15, -0.1) is 0 Å². The molecule has 1 unspecified atom stereocenters. The standard InChI is InChI=1S/C48H88NO9P/c1-6-8-10-11-12-13-14-15-16-17-18-19-22-26-29-32-36-40-48(52)58-46(44-57-59(53,54)56-42-41-49(3,4)5)43-55-47(51)39-35-31-28-25-23-20-21-24-27-30-34-38-45(50)37-33-9-7-2/h20-21,25,27-28,30,34,38,45-46,50H,6-19,22-24,26,29,31-33,35-37,39-44H2,1-5H3/b21-20-,28-25-,30-27-,38-34+/t45-,46-/m1/s1. The molecule has 0 aromatic carbocycles. The summed E-state index contributed by atoms with van der Waals surface area (Å²) in [7, 11) is 1.11. The lowest BCUT2D eigenvalue weighted by Gasteiger charge is -2.28. The first-order valence-corrected chi connectivity index (χ1v) is 24.9. The number of phosphoric acid groups is 1. The second-order valence-electron chi connectivity index (χ2n) is 17.0. The molecule has 0 bridgehead atoms. The van der Waals surface area contributed by atoms with Crippen molar-refractivity contribution < 1.29 is 47.2 Å². The highest BCUT2D eigenvalue weighted by Gasteiger charge is 2.21. The lowest BCUT2D eigenvalue weighted by Crippen LogP contribution is -2.37. The molecule has 0 spiro atoms. The minimum Gasteiger partial charge on any atom is -0.756 e. The molecule has 59 heavy (non-hydrogen) atoms. The molecule has 1 N–H and O–H groups in total. The van der Waals surface area contributed by atoms with E-state index in [1.165, 1.54) is 83.5 Å². The Labute approximate surface area is 361 Å². The fourth-order valence-corrected chi connectivity index (χ4v) is 6.96. The Morgan fingerprint density at radius 1 is 0.627 bits per heavy atom. The lowest BCUT2D eigenvalue weighted by atomic mass is 10.0. The topological polar surface area (TPSA) is 131 Å². The summed E-state index contributed by atoms with van der Waals surface area (Å²) in [5.74, 6) is -0.923. The first kappa shape index (κ1) is 56.9. The summed E-state index contributed by atoms with van der Waals surface area (Å²) in [6.45, 7) is 4.04. The summed E-state index contributed by atoms with van der Waals surface area (Å²) in [5, 5.41) is 9.91. The number of quaternary nitrogens is 1. The van der Waals surface area contributed by atoms with Crippen molar-refractivity contribution in [3.63, 3.8) is 0 Å². The minimum atomic E-state index is -4.65. The number of nitrogens with zero attached hydrogens (tertiary/aromatic N) is 1. The highest BCUT2D eigenvalue weighted by molar-refractivity contribution is 7.45. The largest absolute Gasteiger partial charge is 0.756 e. The number of carbonyl (C=O) groups excluding carboxylic acids is 2. The zero-order valence-electron chi connectivity index (χ0n) is 38.3. The Bertz CT molecular complexity index is 1160. The number of unbranched alkanes of at least 4 members (excludes halogenated alkanes) is 19. The molecule has 344 valence electrons. The van der Waals surface area contributed by atoms with Gasteiger partial charge in [-0.1, -0.05) is 184 Å². The van der Waals surface area contributed by atoms with Crippen LogP contribution in [0, 0.1) is 0 Å². The predicted molar refractivity (Wildman–Crippen MR) is 242 cm³/mol. The number of hydrogen-bond acceptors (Lipinski definition) is 9. The SMILES string of the molecule is CCCCCCCCCCCCCCCCCCCC(=O)O[C@H](COC(=O)CCC/C=C\C/C=C\C/C=C\C=C\[C@H](O)CCCCC)COP(=O)([O-])OCC[N+](C)(C)C. The molecule has 0 fully saturated rings. The van der Waals surface area contributed by atoms with Crippen LogP contribution < -0.4 is 4.89 Å². The number of aliphatic hydroxyl groups is 1. The molecule has 10 nitrogen and oxygen atoms in total. The van der Waals surface area contributed by atoms with E-state index in [1.54, 1.807) is 0 Å². The third-order valence-corrected chi connectivity index (χ3v) is 10.9. The summed E-state index contributed by atoms with van der Waals surface area (Å²) >= 11 is 0. The van der Waals surface area contributed by atoms with Crippen LogP contribution in [0.4, 0.5) is 0 Å². The maximum Gasteiger partial charge on any atom is 0.306 e. The number of ether oxygens (including phenoxy) is 2. The molecule has 0 aliphatic heterocycles. The van der Waals surface area contributed by atoms with Crippen LogP contribution in [0.3, 0.4) is 0 Å². The number of allylic oxidation sites excluding steroid dienone is 7. The van der Waals surface area contributed by atoms with Crippen LogP contribution in [0.15, 0.2) is 48.6 Å². The van der Waals surface area contributed by atoms with E-state index in [4.69, 9.17) is 18.5 Å². The van der Waals surface area contributed by atoms with Gasteiger partial charge < -0.3 is 33.0 Å². The fourth-order valence-electron chi connectivity index (χ4n) is 6.23. The number of aliphatic hydroxyl groups excluding tert-OH is 1. The average molecular weight is 854 g/mol. The van der Waals surface area contributed by atoms with Gasteiger partial charge in [0.25, 0.3) is 7.82 Å². The molecule has 0 saturated carbocycles. The van der Waals surface area contributed by atoms with Gasteiger partial charge in [0.05, 0.1) is 33.9 Å². The van der Waals surface area contributed by atoms with E-state index in [9.17, 15) is 24.2 Å². The lowest BCUT2D eigenvalue weighted by molar-refractivity contribution is -0.870. The third kappa shape index (κ3) is 43.8. The van der Waals surface area contributed by atoms with Gasteiger partial charge in [0, 0.05) is 12.8 Å². The van der Waals surface area contributed by atoms with Gasteiger partial charge in [0.2, 0.25) is 0 Å². The Morgan fingerprint density at radius 3 is 1.71 bits per heavy atom. The summed E-state index contributed by atoms with van der Waals surface area (Å²) < 4.78 is 33.9. The number of phosphoric ester groups is 1. The molecule has 3 atom stereocenters. The molecule has 0 aliphatic rings. The summed E-state index contributed by atoms with van der Waals surface area (Å²) in [6, 6.07) is 0. The number of hydrogen-bond donors (Lipinski definition) is 1. The normalized spacial score (nSPS) is 14.5. The van der Waals surface area contributed by atoms with Crippen LogP contribution in [-0.4, -0.2) is 81.2 Å². The molecular formula is C48H88NO9P. The first-order valence-electron chi connectivity index (χ1n) is 23.5. The zero-order valence-corrected chi connectivity index (χ0v) is 39.2. The van der Waals surface area contributed by atoms with Crippen molar-refractivity contribution in [1.82, 2.24) is 0 Å². The molecule has 0 aliphatic carbocycles. The van der Waals surface area contributed by atoms with E-state index < -0.39 is 32.5 Å². The fraction of sp³-hybridized carbons (Fsp3) is 0.792. The van der Waals surface area contributed by atoms with Gasteiger partial charge in [-0.05, 0) is 38.5 Å². The van der Waals surface area contributed by atoms with Crippen LogP contribution in [-0.2, 0) is 32.7 Å². The first-order chi connectivity index (χ1) is 28.4. The molecule has 0 rings (SSSR count). The number of carbonyl (C=O) groups is 2. The monoisotopic (exact) mass is 854 g/mol. The molecular weight excluding hydrogens is 766 g/mol. The van der Waals surface area contributed by atoms with E-state index in [0.29, 0.717) is 30.3 Å². The number of likely N-dealkylation sites (N-methyl/N-ethyl adjacent to an activating group) is 1. The number of rotatable bonds is 42. The Morgan fingerprint density at radius 2 is 1.14 bits per heavy atom. The van der Waals surface area contributed by atoms with Gasteiger partial charge >= 0.3 is 11.9 Å². The van der Waals surface area contributed by atoms with Crippen LogP contribution in [0.1, 0.15) is 187 Å². The van der Waals surface area contributed by atoms with Crippen molar-refractivity contribution in [1.29, 1.82) is 0 Å². The Kier molecular flexibility index (Phi) is 38.6. The highest BCUT2D eigenvalue weighted by atomic mass is 31.2. The van der Waals surface area contributed by atoms with Crippen molar-refractivity contribution in [2.75, 3.05) is 47.5 Å². The van der Waals surface area contributed by atoms with Crippen LogP contribution in [0.5, 0.6) is 0 Å². The van der Waals surface area contributed by atoms with Crippen molar-refractivity contribution >= 4 is 19.8 Å². The third-order valence-electron chi connectivity index (χ3n) is 9.96. The van der Waals surface area contributed by atoms with Gasteiger partial charge in [-0.2, -0.15) is 0 Å². The summed E-state index contributed by atoms with van der Waals surface area (Å²) in [4.78, 5) is 37.6. The van der Waals surface area contributed by atoms with Crippen molar-refractivity contribution in [2.45, 2.75) is 199 Å². The van der Waals surface area contributed by atoms with E-state index in [1.807, 2.05) is 51.5 Å². The van der Waals surface area contributed by atoms with Crippen molar-refractivity contribution in [3.8, 4) is 0 Å². The Balaban J connectivity index is 4.44. The summed E-state index contributed by atoms with van der Waals surface area (Å²) in [6.07, 6.45) is 43.2. The molecule has 0 amide bonds. The van der Waals surface area contributed by atoms with Crippen molar-refractivity contribution in [3.05, 3.63) is 48.6 Å². The highest BCUT2D eigenvalue weighted by Crippen LogP contribution is 2.38. The second-order valence-corrected chi connectivity index (χ2v) is 18.4. The molecule has 0 saturated heterocycles. The van der Waals surface area contributed by atoms with Gasteiger partial charge in [0.1, 0.15) is 19.8 Å². The van der Waals surface area contributed by atoms with Crippen LogP contribution in [0.25, 0.3) is 0 Å². The van der Waals surface area contributed by atoms with E-state index in [2.05, 4.69) is 32.1 Å². The van der Waals surface area contributed by atoms with Gasteiger partial charge in [-0.3, -0.25) is 14.2 Å². The van der Waals surface area contributed by atoms with Gasteiger partial charge in [0.15, 0.2) is 6.10 Å². The molecule has 0 heterocycles. The second kappa shape index (κ2) is 40.0. The van der Waals surface area contributed by atoms with Gasteiger partial charge in [-0.25, -0.2) is 0 Å². The molecule has 11 heteroatoms. The maximum absolute atomic E-state index is 12.7. The van der Waals surface area contributed by atoms with Crippen LogP contribution in [0.2, 0.25) is 0 Å². The summed E-state index contributed by atoms with van der Waals surface area (Å²) in [5.41, 5.74) is 0. The van der Waals surface area contributed by atoms with E-state index in [-0.39, 0.29) is 32.2 Å². The predicted octanol–water partition coefficient (Wildman–Crippen LogP) is 11.8. The maximum atomic E-state index is 12.7. The zero-order chi connectivity index (χ0) is 43.7. The molecule has 0 aromatic heterocycles. The average Bonchev–Trinajstić information content (AvgIpc) is 3.18. The Hall–Kier alpha value is -2.07. The van der Waals surface area contributed by atoms with E-state index >= 15 is 0 Å². The van der Waals surface area contributed by atoms with Crippen molar-refractivity contribution in [2.24, 2.45) is 0 Å². The van der Waals surface area contributed by atoms with E-state index in [0.717, 1.165) is 57.8 Å². The molecule has 0 radical (unpaired) electrons. The smallest absolute Gasteiger partial charge is 0.306 e.